The van der Waals surface area contributed by atoms with Gasteiger partial charge in [0.05, 0.1) is 13.2 Å². The molecular formula is C16H23NO2. The van der Waals surface area contributed by atoms with Gasteiger partial charge in [0.25, 0.3) is 0 Å². The number of likely N-dealkylation sites (tertiary alicyclic amines) is 1. The summed E-state index contributed by atoms with van der Waals surface area (Å²) in [5.41, 5.74) is 2.53. The lowest BCUT2D eigenvalue weighted by molar-refractivity contribution is 0.107. The number of rotatable bonds is 6. The summed E-state index contributed by atoms with van der Waals surface area (Å²) in [6.07, 6.45) is 4.29. The summed E-state index contributed by atoms with van der Waals surface area (Å²) in [6, 6.07) is 6.42. The molecule has 1 fully saturated rings. The zero-order valence-electron chi connectivity index (χ0n) is 11.9. The first-order valence-corrected chi connectivity index (χ1v) is 6.78. The lowest BCUT2D eigenvalue weighted by Crippen LogP contribution is -2.22. The molecule has 0 amide bonds. The van der Waals surface area contributed by atoms with Crippen molar-refractivity contribution in [2.75, 3.05) is 27.3 Å². The Kier molecular flexibility index (Phi) is 5.00. The van der Waals surface area contributed by atoms with E-state index in [-0.39, 0.29) is 0 Å². The van der Waals surface area contributed by atoms with Gasteiger partial charge in [-0.2, -0.15) is 0 Å². The van der Waals surface area contributed by atoms with Crippen molar-refractivity contribution in [3.63, 3.8) is 0 Å². The van der Waals surface area contributed by atoms with Gasteiger partial charge in [0.1, 0.15) is 5.75 Å². The summed E-state index contributed by atoms with van der Waals surface area (Å²) >= 11 is 0. The Bertz CT molecular complexity index is 431. The maximum absolute atomic E-state index is 5.40. The second-order valence-electron chi connectivity index (χ2n) is 5.02. The van der Waals surface area contributed by atoms with Crippen molar-refractivity contribution in [3.8, 4) is 5.75 Å². The third-order valence-electron chi connectivity index (χ3n) is 3.68. The standard InChI is InChI=1S/C16H23NO2/c1-4-5-14-10-13(6-7-16(14)19-3)11-17-9-8-15(12-17)18-2/h4,6-7,10,15H,1,5,8-9,11-12H2,2-3H3/t15-/m0/s1. The van der Waals surface area contributed by atoms with Crippen molar-refractivity contribution >= 4 is 0 Å². The molecule has 3 heteroatoms. The van der Waals surface area contributed by atoms with Crippen LogP contribution in [0.1, 0.15) is 17.5 Å². The largest absolute Gasteiger partial charge is 0.496 e. The molecule has 0 unspecified atom stereocenters. The van der Waals surface area contributed by atoms with E-state index in [1.54, 1.807) is 14.2 Å². The molecule has 0 spiro atoms. The Morgan fingerprint density at radius 2 is 2.26 bits per heavy atom. The first-order valence-electron chi connectivity index (χ1n) is 6.78. The van der Waals surface area contributed by atoms with Crippen LogP contribution >= 0.6 is 0 Å². The quantitative estimate of drug-likeness (QED) is 0.735. The minimum atomic E-state index is 0.394. The summed E-state index contributed by atoms with van der Waals surface area (Å²) < 4.78 is 10.8. The molecule has 1 aliphatic rings. The summed E-state index contributed by atoms with van der Waals surface area (Å²) in [5.74, 6) is 0.944. The zero-order valence-corrected chi connectivity index (χ0v) is 11.9. The van der Waals surface area contributed by atoms with E-state index in [2.05, 4.69) is 29.7 Å². The van der Waals surface area contributed by atoms with Crippen molar-refractivity contribution in [2.24, 2.45) is 0 Å². The summed E-state index contributed by atoms with van der Waals surface area (Å²) in [5, 5.41) is 0. The molecule has 104 valence electrons. The Morgan fingerprint density at radius 3 is 2.89 bits per heavy atom. The summed E-state index contributed by atoms with van der Waals surface area (Å²) in [6.45, 7) is 6.92. The van der Waals surface area contributed by atoms with E-state index in [0.717, 1.165) is 38.2 Å². The fourth-order valence-electron chi connectivity index (χ4n) is 2.64. The number of hydrogen-bond acceptors (Lipinski definition) is 3. The number of hydrogen-bond donors (Lipinski definition) is 0. The van der Waals surface area contributed by atoms with Crippen LogP contribution in [0.15, 0.2) is 30.9 Å². The maximum atomic E-state index is 5.40. The molecule has 0 aromatic heterocycles. The van der Waals surface area contributed by atoms with Gasteiger partial charge in [-0.25, -0.2) is 0 Å². The van der Waals surface area contributed by atoms with E-state index < -0.39 is 0 Å². The third kappa shape index (κ3) is 3.58. The van der Waals surface area contributed by atoms with E-state index >= 15 is 0 Å². The molecule has 0 saturated carbocycles. The van der Waals surface area contributed by atoms with Crippen molar-refractivity contribution in [2.45, 2.75) is 25.5 Å². The average molecular weight is 261 g/mol. The number of ether oxygens (including phenoxy) is 2. The van der Waals surface area contributed by atoms with Crippen LogP contribution in [-0.2, 0) is 17.7 Å². The van der Waals surface area contributed by atoms with E-state index in [1.807, 2.05) is 6.08 Å². The molecule has 1 heterocycles. The normalized spacial score (nSPS) is 19.6. The van der Waals surface area contributed by atoms with Crippen molar-refractivity contribution < 1.29 is 9.47 Å². The Labute approximate surface area is 115 Å². The fraction of sp³-hybridized carbons (Fsp3) is 0.500. The molecule has 1 aromatic rings. The molecule has 0 radical (unpaired) electrons. The number of methoxy groups -OCH3 is 2. The summed E-state index contributed by atoms with van der Waals surface area (Å²) in [4.78, 5) is 2.44. The molecule has 1 aliphatic heterocycles. The molecule has 0 bridgehead atoms. The van der Waals surface area contributed by atoms with Crippen LogP contribution in [0, 0.1) is 0 Å². The second-order valence-corrected chi connectivity index (χ2v) is 5.02. The Balaban J connectivity index is 2.04. The minimum absolute atomic E-state index is 0.394. The van der Waals surface area contributed by atoms with E-state index in [1.165, 1.54) is 11.1 Å². The lowest BCUT2D eigenvalue weighted by atomic mass is 10.1. The van der Waals surface area contributed by atoms with Gasteiger partial charge >= 0.3 is 0 Å². The fourth-order valence-corrected chi connectivity index (χ4v) is 2.64. The van der Waals surface area contributed by atoms with Gasteiger partial charge in [0.2, 0.25) is 0 Å². The van der Waals surface area contributed by atoms with Crippen LogP contribution in [0.2, 0.25) is 0 Å². The molecule has 1 atom stereocenters. The smallest absolute Gasteiger partial charge is 0.122 e. The van der Waals surface area contributed by atoms with Gasteiger partial charge < -0.3 is 9.47 Å². The van der Waals surface area contributed by atoms with E-state index in [9.17, 15) is 0 Å². The highest BCUT2D eigenvalue weighted by atomic mass is 16.5. The van der Waals surface area contributed by atoms with E-state index in [0.29, 0.717) is 6.10 Å². The van der Waals surface area contributed by atoms with Gasteiger partial charge in [0.15, 0.2) is 0 Å². The molecule has 19 heavy (non-hydrogen) atoms. The van der Waals surface area contributed by atoms with Crippen molar-refractivity contribution in [1.29, 1.82) is 0 Å². The van der Waals surface area contributed by atoms with E-state index in [4.69, 9.17) is 9.47 Å². The monoisotopic (exact) mass is 261 g/mol. The average Bonchev–Trinajstić information content (AvgIpc) is 2.87. The minimum Gasteiger partial charge on any atom is -0.496 e. The van der Waals surface area contributed by atoms with Gasteiger partial charge in [-0.3, -0.25) is 4.90 Å². The Hall–Kier alpha value is -1.32. The highest BCUT2D eigenvalue weighted by Crippen LogP contribution is 2.23. The zero-order chi connectivity index (χ0) is 13.7. The highest BCUT2D eigenvalue weighted by Gasteiger charge is 2.21. The number of nitrogens with zero attached hydrogens (tertiary/aromatic N) is 1. The van der Waals surface area contributed by atoms with Crippen LogP contribution in [0.4, 0.5) is 0 Å². The topological polar surface area (TPSA) is 21.7 Å². The highest BCUT2D eigenvalue weighted by molar-refractivity contribution is 5.38. The first kappa shape index (κ1) is 14.1. The molecule has 2 rings (SSSR count). The predicted octanol–water partition coefficient (Wildman–Crippen LogP) is 2.64. The lowest BCUT2D eigenvalue weighted by Gasteiger charge is -2.17. The van der Waals surface area contributed by atoms with Crippen LogP contribution in [0.25, 0.3) is 0 Å². The molecule has 1 saturated heterocycles. The van der Waals surface area contributed by atoms with Crippen LogP contribution in [0.5, 0.6) is 5.75 Å². The van der Waals surface area contributed by atoms with Crippen LogP contribution < -0.4 is 4.74 Å². The van der Waals surface area contributed by atoms with Crippen LogP contribution in [-0.4, -0.2) is 38.3 Å². The second kappa shape index (κ2) is 6.73. The predicted molar refractivity (Wildman–Crippen MR) is 77.6 cm³/mol. The van der Waals surface area contributed by atoms with Gasteiger partial charge in [-0.05, 0) is 30.0 Å². The SMILES string of the molecule is C=CCc1cc(CN2CC[C@H](OC)C2)ccc1OC. The summed E-state index contributed by atoms with van der Waals surface area (Å²) in [7, 11) is 3.51. The maximum Gasteiger partial charge on any atom is 0.122 e. The Morgan fingerprint density at radius 1 is 1.42 bits per heavy atom. The van der Waals surface area contributed by atoms with Gasteiger partial charge in [0, 0.05) is 26.7 Å². The van der Waals surface area contributed by atoms with Gasteiger partial charge in [-0.1, -0.05) is 18.2 Å². The number of benzene rings is 1. The van der Waals surface area contributed by atoms with Crippen molar-refractivity contribution in [3.05, 3.63) is 42.0 Å². The first-order chi connectivity index (χ1) is 9.26. The van der Waals surface area contributed by atoms with Crippen molar-refractivity contribution in [1.82, 2.24) is 4.90 Å². The third-order valence-corrected chi connectivity index (χ3v) is 3.68. The molecule has 0 aliphatic carbocycles. The molecule has 3 nitrogen and oxygen atoms in total. The number of allylic oxidation sites excluding steroid dienone is 1. The van der Waals surface area contributed by atoms with Crippen LogP contribution in [0.3, 0.4) is 0 Å². The molecule has 0 N–H and O–H groups in total. The molecule has 1 aromatic carbocycles. The molecular weight excluding hydrogens is 238 g/mol. The van der Waals surface area contributed by atoms with Gasteiger partial charge in [-0.15, -0.1) is 6.58 Å².